The third kappa shape index (κ3) is 8.12. The van der Waals surface area contributed by atoms with Crippen molar-refractivity contribution >= 4 is 27.5 Å². The molecule has 0 saturated carbocycles. The lowest BCUT2D eigenvalue weighted by Gasteiger charge is -2.22. The summed E-state index contributed by atoms with van der Waals surface area (Å²) in [6.07, 6.45) is 2.05. The largest absolute Gasteiger partial charge is 0.459 e. The van der Waals surface area contributed by atoms with Gasteiger partial charge in [0.25, 0.3) is 0 Å². The lowest BCUT2D eigenvalue weighted by molar-refractivity contribution is -0.155. The van der Waals surface area contributed by atoms with Crippen molar-refractivity contribution in [2.24, 2.45) is 0 Å². The third-order valence-electron chi connectivity index (χ3n) is 3.70. The molecule has 0 amide bonds. The number of benzene rings is 2. The Morgan fingerprint density at radius 1 is 1.11 bits per heavy atom. The topological polar surface area (TPSA) is 29.5 Å². The van der Waals surface area contributed by atoms with Gasteiger partial charge in [-0.2, -0.15) is 0 Å². The van der Waals surface area contributed by atoms with E-state index < -0.39 is 5.60 Å². The predicted molar refractivity (Wildman–Crippen MR) is 119 cm³/mol. The first-order valence-electron chi connectivity index (χ1n) is 9.16. The van der Waals surface area contributed by atoms with Gasteiger partial charge in [0.2, 0.25) is 0 Å². The van der Waals surface area contributed by atoms with Crippen LogP contribution in [0.4, 0.5) is 0 Å². The number of hydrogen-bond donors (Lipinski definition) is 0. The van der Waals surface area contributed by atoms with Gasteiger partial charge in [0.1, 0.15) is 5.60 Å². The van der Waals surface area contributed by atoms with Gasteiger partial charge in [0.15, 0.2) is 0 Å². The van der Waals surface area contributed by atoms with E-state index in [2.05, 4.69) is 27.8 Å². The molecule has 2 rings (SSSR count). The summed E-state index contributed by atoms with van der Waals surface area (Å²) >= 11 is 3.44. The highest BCUT2D eigenvalue weighted by atomic mass is 79.9. The number of carbonyl (C=O) groups excluding carboxylic acids is 1. The van der Waals surface area contributed by atoms with Gasteiger partial charge in [-0.1, -0.05) is 64.2 Å². The van der Waals surface area contributed by atoms with Crippen LogP contribution in [0.5, 0.6) is 0 Å². The standard InChI is InChI=1S/C24H26BrNO2/c1-24(2,3)28-23(27)18-26(4)17-16-21(20-8-6-5-7-9-20)13-10-19-11-14-22(25)15-12-19/h5-9,11-12,14-16H,17-18H2,1-4H3. The third-order valence-corrected chi connectivity index (χ3v) is 4.23. The van der Waals surface area contributed by atoms with Crippen molar-refractivity contribution < 1.29 is 9.53 Å². The lowest BCUT2D eigenvalue weighted by atomic mass is 10.1. The zero-order chi connectivity index (χ0) is 20.6. The van der Waals surface area contributed by atoms with Crippen molar-refractivity contribution in [2.45, 2.75) is 26.4 Å². The van der Waals surface area contributed by atoms with Crippen molar-refractivity contribution in [1.82, 2.24) is 4.90 Å². The minimum Gasteiger partial charge on any atom is -0.459 e. The van der Waals surface area contributed by atoms with Crippen LogP contribution in [0.15, 0.2) is 65.1 Å². The number of allylic oxidation sites excluding steroid dienone is 1. The second kappa shape index (κ2) is 10.3. The Labute approximate surface area is 176 Å². The molecule has 28 heavy (non-hydrogen) atoms. The van der Waals surface area contributed by atoms with Crippen LogP contribution in [0, 0.1) is 11.8 Å². The maximum atomic E-state index is 12.0. The average molecular weight is 440 g/mol. The fourth-order valence-corrected chi connectivity index (χ4v) is 2.70. The molecular weight excluding hydrogens is 414 g/mol. The van der Waals surface area contributed by atoms with Gasteiger partial charge in [-0.05, 0) is 57.6 Å². The van der Waals surface area contributed by atoms with Crippen molar-refractivity contribution in [3.05, 3.63) is 76.3 Å². The molecule has 0 aliphatic carbocycles. The molecule has 3 nitrogen and oxygen atoms in total. The second-order valence-electron chi connectivity index (χ2n) is 7.52. The Hall–Kier alpha value is -2.35. The van der Waals surface area contributed by atoms with Crippen molar-refractivity contribution in [2.75, 3.05) is 20.1 Å². The SMILES string of the molecule is CN(CC=C(C#Cc1ccc(Br)cc1)c1ccccc1)CC(=O)OC(C)(C)C. The number of hydrogen-bond acceptors (Lipinski definition) is 3. The predicted octanol–water partition coefficient (Wildman–Crippen LogP) is 5.16. The summed E-state index contributed by atoms with van der Waals surface area (Å²) in [5.74, 6) is 6.26. The van der Waals surface area contributed by atoms with Gasteiger partial charge >= 0.3 is 5.97 Å². The smallest absolute Gasteiger partial charge is 0.320 e. The number of ether oxygens (including phenoxy) is 1. The van der Waals surface area contributed by atoms with E-state index >= 15 is 0 Å². The van der Waals surface area contributed by atoms with Gasteiger partial charge in [-0.3, -0.25) is 9.69 Å². The van der Waals surface area contributed by atoms with Crippen LogP contribution >= 0.6 is 15.9 Å². The maximum Gasteiger partial charge on any atom is 0.320 e. The molecule has 0 fully saturated rings. The van der Waals surface area contributed by atoms with Gasteiger partial charge in [-0.15, -0.1) is 0 Å². The molecule has 0 atom stereocenters. The molecule has 0 aliphatic rings. The molecule has 0 aliphatic heterocycles. The summed E-state index contributed by atoms with van der Waals surface area (Å²) < 4.78 is 6.41. The van der Waals surface area contributed by atoms with E-state index in [1.165, 1.54) is 0 Å². The van der Waals surface area contributed by atoms with Crippen LogP contribution < -0.4 is 0 Å². The molecule has 2 aromatic rings. The van der Waals surface area contributed by atoms with E-state index in [4.69, 9.17) is 4.74 Å². The van der Waals surface area contributed by atoms with Crippen molar-refractivity contribution in [3.63, 3.8) is 0 Å². The molecule has 0 N–H and O–H groups in total. The highest BCUT2D eigenvalue weighted by Crippen LogP contribution is 2.15. The summed E-state index contributed by atoms with van der Waals surface area (Å²) in [4.78, 5) is 13.9. The Morgan fingerprint density at radius 3 is 2.36 bits per heavy atom. The summed E-state index contributed by atoms with van der Waals surface area (Å²) in [5.41, 5.74) is 2.46. The first kappa shape index (κ1) is 21.9. The molecule has 2 aromatic carbocycles. The molecule has 0 aromatic heterocycles. The summed E-state index contributed by atoms with van der Waals surface area (Å²) in [5, 5.41) is 0. The van der Waals surface area contributed by atoms with Gasteiger partial charge in [0, 0.05) is 22.2 Å². The Morgan fingerprint density at radius 2 is 1.75 bits per heavy atom. The number of esters is 1. The van der Waals surface area contributed by atoms with Gasteiger partial charge < -0.3 is 4.74 Å². The van der Waals surface area contributed by atoms with Crippen LogP contribution in [-0.4, -0.2) is 36.6 Å². The quantitative estimate of drug-likeness (QED) is 0.475. The van der Waals surface area contributed by atoms with Crippen LogP contribution in [0.25, 0.3) is 5.57 Å². The van der Waals surface area contributed by atoms with Gasteiger partial charge in [0.05, 0.1) is 6.54 Å². The van der Waals surface area contributed by atoms with Crippen molar-refractivity contribution in [3.8, 4) is 11.8 Å². The molecule has 0 unspecified atom stereocenters. The fourth-order valence-electron chi connectivity index (χ4n) is 2.44. The van der Waals surface area contributed by atoms with Crippen LogP contribution in [0.3, 0.4) is 0 Å². The zero-order valence-corrected chi connectivity index (χ0v) is 18.4. The normalized spacial score (nSPS) is 11.7. The molecular formula is C24H26BrNO2. The summed E-state index contributed by atoms with van der Waals surface area (Å²) in [6, 6.07) is 18.0. The van der Waals surface area contributed by atoms with E-state index in [9.17, 15) is 4.79 Å². The molecule has 0 heterocycles. The number of likely N-dealkylation sites (N-methyl/N-ethyl adjacent to an activating group) is 1. The van der Waals surface area contributed by atoms with E-state index in [1.54, 1.807) is 0 Å². The number of nitrogens with zero attached hydrogens (tertiary/aromatic N) is 1. The molecule has 0 saturated heterocycles. The zero-order valence-electron chi connectivity index (χ0n) is 16.8. The van der Waals surface area contributed by atoms with E-state index in [1.807, 2.05) is 93.4 Å². The fraction of sp³-hybridized carbons (Fsp3) is 0.292. The highest BCUT2D eigenvalue weighted by Gasteiger charge is 2.17. The van der Waals surface area contributed by atoms with Crippen LogP contribution in [-0.2, 0) is 9.53 Å². The minimum absolute atomic E-state index is 0.231. The minimum atomic E-state index is -0.473. The molecule has 146 valence electrons. The van der Waals surface area contributed by atoms with E-state index in [0.29, 0.717) is 6.54 Å². The summed E-state index contributed by atoms with van der Waals surface area (Å²) in [6.45, 7) is 6.44. The Bertz CT molecular complexity index is 869. The van der Waals surface area contributed by atoms with Crippen LogP contribution in [0.2, 0.25) is 0 Å². The number of rotatable bonds is 5. The van der Waals surface area contributed by atoms with Gasteiger partial charge in [-0.25, -0.2) is 0 Å². The van der Waals surface area contributed by atoms with Crippen LogP contribution in [0.1, 0.15) is 31.9 Å². The van der Waals surface area contributed by atoms with E-state index in [-0.39, 0.29) is 12.5 Å². The monoisotopic (exact) mass is 439 g/mol. The Kier molecular flexibility index (Phi) is 8.04. The molecule has 0 radical (unpaired) electrons. The average Bonchev–Trinajstić information content (AvgIpc) is 2.62. The second-order valence-corrected chi connectivity index (χ2v) is 8.44. The maximum absolute atomic E-state index is 12.0. The summed E-state index contributed by atoms with van der Waals surface area (Å²) in [7, 11) is 1.89. The lowest BCUT2D eigenvalue weighted by Crippen LogP contribution is -2.32. The number of halogens is 1. The molecule has 0 bridgehead atoms. The molecule has 4 heteroatoms. The van der Waals surface area contributed by atoms with E-state index in [0.717, 1.165) is 21.2 Å². The highest BCUT2D eigenvalue weighted by molar-refractivity contribution is 9.10. The number of carbonyl (C=O) groups is 1. The molecule has 0 spiro atoms. The van der Waals surface area contributed by atoms with Crippen molar-refractivity contribution in [1.29, 1.82) is 0 Å². The Balaban J connectivity index is 2.14. The first-order chi connectivity index (χ1) is 13.2. The first-order valence-corrected chi connectivity index (χ1v) is 9.96.